The van der Waals surface area contributed by atoms with Crippen LogP contribution >= 0.6 is 0 Å². The summed E-state index contributed by atoms with van der Waals surface area (Å²) in [5.41, 5.74) is 1.88. The maximum atomic E-state index is 11.3. The standard InChI is InChI=1S/C14H17NO4/c1-3-7-19-14(18)15-12(13(16)17)9-11-6-4-5-10(2)8-11/h3-6,8,12H,1,7,9H2,2H3,(H,15,18)(H,16,17)/t12-/m0/s1. The number of amides is 1. The van der Waals surface area contributed by atoms with E-state index >= 15 is 0 Å². The molecule has 1 atom stereocenters. The first kappa shape index (κ1) is 14.8. The quantitative estimate of drug-likeness (QED) is 0.769. The monoisotopic (exact) mass is 263 g/mol. The first-order valence-corrected chi connectivity index (χ1v) is 5.85. The summed E-state index contributed by atoms with van der Waals surface area (Å²) < 4.78 is 4.70. The van der Waals surface area contributed by atoms with Crippen molar-refractivity contribution in [2.75, 3.05) is 6.61 Å². The van der Waals surface area contributed by atoms with Gasteiger partial charge in [-0.25, -0.2) is 9.59 Å². The lowest BCUT2D eigenvalue weighted by molar-refractivity contribution is -0.139. The van der Waals surface area contributed by atoms with Crippen LogP contribution in [0, 0.1) is 6.92 Å². The Bertz CT molecular complexity index is 470. The van der Waals surface area contributed by atoms with Gasteiger partial charge in [-0.3, -0.25) is 0 Å². The molecule has 1 rings (SSSR count). The molecule has 2 N–H and O–H groups in total. The Morgan fingerprint density at radius 3 is 2.84 bits per heavy atom. The van der Waals surface area contributed by atoms with Crippen molar-refractivity contribution in [1.29, 1.82) is 0 Å². The highest BCUT2D eigenvalue weighted by Crippen LogP contribution is 2.07. The lowest BCUT2D eigenvalue weighted by Crippen LogP contribution is -2.42. The first-order chi connectivity index (χ1) is 9.02. The van der Waals surface area contributed by atoms with E-state index < -0.39 is 18.1 Å². The number of hydrogen-bond donors (Lipinski definition) is 2. The van der Waals surface area contributed by atoms with Gasteiger partial charge in [-0.15, -0.1) is 0 Å². The third-order valence-corrected chi connectivity index (χ3v) is 2.44. The van der Waals surface area contributed by atoms with Crippen LogP contribution in [0.5, 0.6) is 0 Å². The summed E-state index contributed by atoms with van der Waals surface area (Å²) in [6.07, 6.45) is 0.857. The number of ether oxygens (including phenoxy) is 1. The van der Waals surface area contributed by atoms with E-state index in [1.807, 2.05) is 31.2 Å². The van der Waals surface area contributed by atoms with Crippen molar-refractivity contribution in [3.63, 3.8) is 0 Å². The van der Waals surface area contributed by atoms with Crippen LogP contribution in [0.2, 0.25) is 0 Å². The Morgan fingerprint density at radius 2 is 2.26 bits per heavy atom. The van der Waals surface area contributed by atoms with E-state index in [9.17, 15) is 9.59 Å². The van der Waals surface area contributed by atoms with Crippen LogP contribution in [0.4, 0.5) is 4.79 Å². The summed E-state index contributed by atoms with van der Waals surface area (Å²) in [4.78, 5) is 22.4. The molecule has 0 fully saturated rings. The fraction of sp³-hybridized carbons (Fsp3) is 0.286. The molecule has 0 radical (unpaired) electrons. The van der Waals surface area contributed by atoms with Gasteiger partial charge in [-0.1, -0.05) is 42.5 Å². The van der Waals surface area contributed by atoms with Crippen molar-refractivity contribution in [2.45, 2.75) is 19.4 Å². The minimum Gasteiger partial charge on any atom is -0.480 e. The number of nitrogens with one attached hydrogen (secondary N) is 1. The van der Waals surface area contributed by atoms with E-state index in [0.717, 1.165) is 11.1 Å². The minimum absolute atomic E-state index is 0.0443. The fourth-order valence-electron chi connectivity index (χ4n) is 1.59. The molecule has 0 bridgehead atoms. The SMILES string of the molecule is C=CCOC(=O)N[C@@H](Cc1cccc(C)c1)C(=O)O. The molecule has 0 saturated carbocycles. The number of carboxylic acids is 1. The van der Waals surface area contributed by atoms with Crippen LogP contribution in [0.3, 0.4) is 0 Å². The molecule has 0 aliphatic rings. The van der Waals surface area contributed by atoms with Crippen molar-refractivity contribution in [2.24, 2.45) is 0 Å². The minimum atomic E-state index is -1.10. The number of aliphatic carboxylic acids is 1. The Balaban J connectivity index is 2.65. The number of rotatable bonds is 6. The lowest BCUT2D eigenvalue weighted by Gasteiger charge is -2.14. The van der Waals surface area contributed by atoms with Gasteiger partial charge in [0.25, 0.3) is 0 Å². The molecule has 0 spiro atoms. The smallest absolute Gasteiger partial charge is 0.408 e. The molecule has 1 aromatic rings. The summed E-state index contributed by atoms with van der Waals surface area (Å²) in [6.45, 7) is 5.37. The third-order valence-electron chi connectivity index (χ3n) is 2.44. The number of hydrogen-bond acceptors (Lipinski definition) is 3. The highest BCUT2D eigenvalue weighted by atomic mass is 16.5. The number of benzene rings is 1. The second-order valence-corrected chi connectivity index (χ2v) is 4.12. The van der Waals surface area contributed by atoms with Crippen LogP contribution in [-0.2, 0) is 16.0 Å². The van der Waals surface area contributed by atoms with E-state index in [-0.39, 0.29) is 13.0 Å². The molecular formula is C14H17NO4. The number of carboxylic acid groups (broad SMARTS) is 1. The largest absolute Gasteiger partial charge is 0.480 e. The van der Waals surface area contributed by atoms with Gasteiger partial charge in [0.15, 0.2) is 0 Å². The molecule has 5 nitrogen and oxygen atoms in total. The second-order valence-electron chi connectivity index (χ2n) is 4.12. The molecule has 0 aliphatic heterocycles. The Hall–Kier alpha value is -2.30. The van der Waals surface area contributed by atoms with Gasteiger partial charge in [-0.2, -0.15) is 0 Å². The van der Waals surface area contributed by atoms with Gasteiger partial charge in [0.1, 0.15) is 12.6 Å². The zero-order valence-corrected chi connectivity index (χ0v) is 10.8. The number of alkyl carbamates (subject to hydrolysis) is 1. The number of aryl methyl sites for hydroxylation is 1. The van der Waals surface area contributed by atoms with Gasteiger partial charge >= 0.3 is 12.1 Å². The zero-order chi connectivity index (χ0) is 14.3. The van der Waals surface area contributed by atoms with Crippen molar-refractivity contribution >= 4 is 12.1 Å². The van der Waals surface area contributed by atoms with E-state index in [0.29, 0.717) is 0 Å². The molecule has 5 heteroatoms. The second kappa shape index (κ2) is 7.20. The molecule has 19 heavy (non-hydrogen) atoms. The highest BCUT2D eigenvalue weighted by Gasteiger charge is 2.20. The molecule has 102 valence electrons. The Labute approximate surface area is 111 Å². The van der Waals surface area contributed by atoms with Crippen LogP contribution in [0.1, 0.15) is 11.1 Å². The normalized spacial score (nSPS) is 11.4. The maximum Gasteiger partial charge on any atom is 0.408 e. The molecule has 1 aromatic carbocycles. The van der Waals surface area contributed by atoms with E-state index in [1.54, 1.807) is 0 Å². The van der Waals surface area contributed by atoms with Crippen molar-refractivity contribution in [3.8, 4) is 0 Å². The van der Waals surface area contributed by atoms with E-state index in [1.165, 1.54) is 6.08 Å². The van der Waals surface area contributed by atoms with Gasteiger partial charge < -0.3 is 15.2 Å². The average molecular weight is 263 g/mol. The topological polar surface area (TPSA) is 75.6 Å². The summed E-state index contributed by atoms with van der Waals surface area (Å²) in [5.74, 6) is -1.10. The molecule has 0 heterocycles. The van der Waals surface area contributed by atoms with Gasteiger partial charge in [0.05, 0.1) is 0 Å². The zero-order valence-electron chi connectivity index (χ0n) is 10.8. The Morgan fingerprint density at radius 1 is 1.53 bits per heavy atom. The van der Waals surface area contributed by atoms with Crippen LogP contribution in [0.25, 0.3) is 0 Å². The van der Waals surface area contributed by atoms with Crippen LogP contribution in [0.15, 0.2) is 36.9 Å². The predicted molar refractivity (Wildman–Crippen MR) is 71.0 cm³/mol. The van der Waals surface area contributed by atoms with Crippen LogP contribution < -0.4 is 5.32 Å². The molecule has 0 aliphatic carbocycles. The number of carbonyl (C=O) groups excluding carboxylic acids is 1. The average Bonchev–Trinajstić information content (AvgIpc) is 2.35. The van der Waals surface area contributed by atoms with Gasteiger partial charge in [-0.05, 0) is 12.5 Å². The van der Waals surface area contributed by atoms with E-state index in [4.69, 9.17) is 9.84 Å². The number of carbonyl (C=O) groups is 2. The van der Waals surface area contributed by atoms with Crippen molar-refractivity contribution in [3.05, 3.63) is 48.0 Å². The maximum absolute atomic E-state index is 11.3. The molecule has 0 saturated heterocycles. The molecule has 1 amide bonds. The summed E-state index contributed by atoms with van der Waals surface area (Å²) in [7, 11) is 0. The molecule has 0 aromatic heterocycles. The molecular weight excluding hydrogens is 246 g/mol. The Kier molecular flexibility index (Phi) is 5.60. The van der Waals surface area contributed by atoms with E-state index in [2.05, 4.69) is 11.9 Å². The summed E-state index contributed by atoms with van der Waals surface area (Å²) in [6, 6.07) is 6.45. The fourth-order valence-corrected chi connectivity index (χ4v) is 1.59. The molecule has 0 unspecified atom stereocenters. The van der Waals surface area contributed by atoms with Gasteiger partial charge in [0.2, 0.25) is 0 Å². The summed E-state index contributed by atoms with van der Waals surface area (Å²) in [5, 5.41) is 11.4. The predicted octanol–water partition coefficient (Wildman–Crippen LogP) is 1.90. The first-order valence-electron chi connectivity index (χ1n) is 5.85. The van der Waals surface area contributed by atoms with Crippen molar-refractivity contribution in [1.82, 2.24) is 5.32 Å². The lowest BCUT2D eigenvalue weighted by atomic mass is 10.0. The highest BCUT2D eigenvalue weighted by molar-refractivity contribution is 5.80. The third kappa shape index (κ3) is 5.25. The van der Waals surface area contributed by atoms with Crippen LogP contribution in [-0.4, -0.2) is 29.8 Å². The van der Waals surface area contributed by atoms with Crippen molar-refractivity contribution < 1.29 is 19.4 Å². The van der Waals surface area contributed by atoms with Gasteiger partial charge in [0, 0.05) is 6.42 Å². The summed E-state index contributed by atoms with van der Waals surface area (Å²) >= 11 is 0.